The molecule has 0 saturated carbocycles. The molecule has 0 radical (unpaired) electrons. The molecule has 0 bridgehead atoms. The topological polar surface area (TPSA) is 47.6 Å². The Kier molecular flexibility index (Phi) is 4.64. The van der Waals surface area contributed by atoms with E-state index in [1.807, 2.05) is 25.1 Å². The number of hydrogen-bond donors (Lipinski definition) is 1. The normalized spacial score (nSPS) is 9.69. The molecule has 0 heterocycles. The second-order valence-corrected chi connectivity index (χ2v) is 3.49. The van der Waals surface area contributed by atoms with Crippen molar-refractivity contribution in [2.45, 2.75) is 13.8 Å². The van der Waals surface area contributed by atoms with Gasteiger partial charge in [-0.2, -0.15) is 0 Å². The third-order valence-corrected chi connectivity index (χ3v) is 2.05. The van der Waals surface area contributed by atoms with Crippen molar-refractivity contribution in [2.75, 3.05) is 20.3 Å². The van der Waals surface area contributed by atoms with Crippen LogP contribution in [0.3, 0.4) is 0 Å². The number of ether oxygens (including phenoxy) is 2. The summed E-state index contributed by atoms with van der Waals surface area (Å²) in [6.07, 6.45) is 0. The fourth-order valence-corrected chi connectivity index (χ4v) is 1.28. The molecular weight excluding hydrogens is 206 g/mol. The Morgan fingerprint density at radius 3 is 2.75 bits per heavy atom. The number of amides is 1. The lowest BCUT2D eigenvalue weighted by atomic mass is 10.2. The minimum Gasteiger partial charge on any atom is -0.493 e. The lowest BCUT2D eigenvalue weighted by Gasteiger charge is -2.11. The Labute approximate surface area is 95.6 Å². The van der Waals surface area contributed by atoms with Crippen molar-refractivity contribution < 1.29 is 14.3 Å². The number of carbonyl (C=O) groups is 1. The van der Waals surface area contributed by atoms with Gasteiger partial charge in [0.2, 0.25) is 5.91 Å². The van der Waals surface area contributed by atoms with Crippen molar-refractivity contribution >= 4 is 5.91 Å². The van der Waals surface area contributed by atoms with Gasteiger partial charge in [0.15, 0.2) is 11.5 Å². The summed E-state index contributed by atoms with van der Waals surface area (Å²) in [4.78, 5) is 10.6. The first-order valence-corrected chi connectivity index (χ1v) is 5.15. The lowest BCUT2D eigenvalue weighted by Crippen LogP contribution is -2.25. The van der Waals surface area contributed by atoms with E-state index < -0.39 is 0 Å². The molecular formula is C12H17NO3. The van der Waals surface area contributed by atoms with E-state index in [1.165, 1.54) is 6.92 Å². The molecule has 0 atom stereocenters. The maximum absolute atomic E-state index is 10.6. The second-order valence-electron chi connectivity index (χ2n) is 3.49. The number of hydrogen-bond acceptors (Lipinski definition) is 3. The van der Waals surface area contributed by atoms with Crippen LogP contribution in [-0.4, -0.2) is 26.2 Å². The van der Waals surface area contributed by atoms with Gasteiger partial charge in [0.05, 0.1) is 13.7 Å². The highest BCUT2D eigenvalue weighted by molar-refractivity contribution is 5.72. The molecule has 1 aromatic rings. The Morgan fingerprint density at radius 2 is 2.12 bits per heavy atom. The summed E-state index contributed by atoms with van der Waals surface area (Å²) in [6, 6.07) is 5.73. The van der Waals surface area contributed by atoms with E-state index in [4.69, 9.17) is 9.47 Å². The molecule has 0 saturated heterocycles. The number of rotatable bonds is 5. The highest BCUT2D eigenvalue weighted by atomic mass is 16.5. The van der Waals surface area contributed by atoms with Gasteiger partial charge < -0.3 is 14.8 Å². The number of nitrogens with one attached hydrogen (secondary N) is 1. The smallest absolute Gasteiger partial charge is 0.216 e. The van der Waals surface area contributed by atoms with Crippen molar-refractivity contribution in [3.63, 3.8) is 0 Å². The molecule has 1 aromatic carbocycles. The van der Waals surface area contributed by atoms with Crippen LogP contribution in [0.2, 0.25) is 0 Å². The van der Waals surface area contributed by atoms with Gasteiger partial charge in [0.25, 0.3) is 0 Å². The average Bonchev–Trinajstić information content (AvgIpc) is 2.25. The van der Waals surface area contributed by atoms with Crippen LogP contribution >= 0.6 is 0 Å². The zero-order valence-corrected chi connectivity index (χ0v) is 9.87. The molecule has 4 nitrogen and oxygen atoms in total. The molecule has 1 N–H and O–H groups in total. The first-order chi connectivity index (χ1) is 7.63. The molecule has 0 aliphatic carbocycles. The third-order valence-electron chi connectivity index (χ3n) is 2.05. The van der Waals surface area contributed by atoms with Gasteiger partial charge in [0.1, 0.15) is 6.61 Å². The number of benzene rings is 1. The summed E-state index contributed by atoms with van der Waals surface area (Å²) in [5, 5.41) is 2.66. The van der Waals surface area contributed by atoms with Gasteiger partial charge in [-0.1, -0.05) is 6.07 Å². The van der Waals surface area contributed by atoms with Crippen LogP contribution in [0.25, 0.3) is 0 Å². The molecule has 88 valence electrons. The zero-order valence-electron chi connectivity index (χ0n) is 9.87. The average molecular weight is 223 g/mol. The number of aryl methyl sites for hydroxylation is 1. The lowest BCUT2D eigenvalue weighted by molar-refractivity contribution is -0.119. The standard InChI is InChI=1S/C12H17NO3/c1-9-4-5-11(12(8-9)15-3)16-7-6-13-10(2)14/h4-5,8H,6-7H2,1-3H3,(H,13,14). The zero-order chi connectivity index (χ0) is 12.0. The predicted molar refractivity (Wildman–Crippen MR) is 61.9 cm³/mol. The molecule has 0 aromatic heterocycles. The van der Waals surface area contributed by atoms with Crippen LogP contribution < -0.4 is 14.8 Å². The maximum atomic E-state index is 10.6. The summed E-state index contributed by atoms with van der Waals surface area (Å²) in [5.41, 5.74) is 1.12. The molecule has 4 heteroatoms. The molecule has 1 rings (SSSR count). The fourth-order valence-electron chi connectivity index (χ4n) is 1.28. The van der Waals surface area contributed by atoms with Gasteiger partial charge >= 0.3 is 0 Å². The van der Waals surface area contributed by atoms with E-state index in [1.54, 1.807) is 7.11 Å². The first kappa shape index (κ1) is 12.4. The van der Waals surface area contributed by atoms with Gasteiger partial charge in [-0.05, 0) is 24.6 Å². The van der Waals surface area contributed by atoms with Crippen molar-refractivity contribution in [3.8, 4) is 11.5 Å². The first-order valence-electron chi connectivity index (χ1n) is 5.15. The monoisotopic (exact) mass is 223 g/mol. The van der Waals surface area contributed by atoms with E-state index in [2.05, 4.69) is 5.32 Å². The Balaban J connectivity index is 2.50. The summed E-state index contributed by atoms with van der Waals surface area (Å²) in [6.45, 7) is 4.39. The summed E-state index contributed by atoms with van der Waals surface area (Å²) in [5.74, 6) is 1.35. The predicted octanol–water partition coefficient (Wildman–Crippen LogP) is 1.52. The Bertz CT molecular complexity index is 363. The largest absolute Gasteiger partial charge is 0.493 e. The quantitative estimate of drug-likeness (QED) is 0.770. The van der Waals surface area contributed by atoms with E-state index in [0.717, 1.165) is 5.56 Å². The summed E-state index contributed by atoms with van der Waals surface area (Å²) >= 11 is 0. The van der Waals surface area contributed by atoms with Crippen molar-refractivity contribution in [3.05, 3.63) is 23.8 Å². The minimum atomic E-state index is -0.0560. The summed E-state index contributed by atoms with van der Waals surface area (Å²) in [7, 11) is 1.61. The van der Waals surface area contributed by atoms with Crippen LogP contribution in [0.15, 0.2) is 18.2 Å². The minimum absolute atomic E-state index is 0.0560. The highest BCUT2D eigenvalue weighted by Gasteiger charge is 2.03. The molecule has 16 heavy (non-hydrogen) atoms. The van der Waals surface area contributed by atoms with E-state index in [0.29, 0.717) is 24.7 Å². The van der Waals surface area contributed by atoms with E-state index in [9.17, 15) is 4.79 Å². The van der Waals surface area contributed by atoms with Crippen molar-refractivity contribution in [1.82, 2.24) is 5.32 Å². The molecule has 0 unspecified atom stereocenters. The SMILES string of the molecule is COc1cc(C)ccc1OCCNC(C)=O. The van der Waals surface area contributed by atoms with Crippen LogP contribution in [0.4, 0.5) is 0 Å². The van der Waals surface area contributed by atoms with E-state index >= 15 is 0 Å². The van der Waals surface area contributed by atoms with Crippen LogP contribution in [0.1, 0.15) is 12.5 Å². The summed E-state index contributed by atoms with van der Waals surface area (Å²) < 4.78 is 10.7. The molecule has 0 aliphatic rings. The van der Waals surface area contributed by atoms with Gasteiger partial charge in [-0.3, -0.25) is 4.79 Å². The van der Waals surface area contributed by atoms with Crippen LogP contribution in [0, 0.1) is 6.92 Å². The Hall–Kier alpha value is -1.71. The fraction of sp³-hybridized carbons (Fsp3) is 0.417. The second kappa shape index (κ2) is 6.00. The third kappa shape index (κ3) is 3.81. The van der Waals surface area contributed by atoms with E-state index in [-0.39, 0.29) is 5.91 Å². The Morgan fingerprint density at radius 1 is 1.38 bits per heavy atom. The number of methoxy groups -OCH3 is 1. The maximum Gasteiger partial charge on any atom is 0.216 e. The van der Waals surface area contributed by atoms with Crippen LogP contribution in [-0.2, 0) is 4.79 Å². The van der Waals surface area contributed by atoms with Crippen molar-refractivity contribution in [2.24, 2.45) is 0 Å². The highest BCUT2D eigenvalue weighted by Crippen LogP contribution is 2.27. The molecule has 1 amide bonds. The van der Waals surface area contributed by atoms with Crippen molar-refractivity contribution in [1.29, 1.82) is 0 Å². The molecule has 0 aliphatic heterocycles. The van der Waals surface area contributed by atoms with Gasteiger partial charge in [-0.25, -0.2) is 0 Å². The molecule has 0 spiro atoms. The molecule has 0 fully saturated rings. The van der Waals surface area contributed by atoms with Gasteiger partial charge in [0, 0.05) is 6.92 Å². The van der Waals surface area contributed by atoms with Gasteiger partial charge in [-0.15, -0.1) is 0 Å². The number of carbonyl (C=O) groups excluding carboxylic acids is 1. The van der Waals surface area contributed by atoms with Crippen LogP contribution in [0.5, 0.6) is 11.5 Å².